The largest absolute Gasteiger partial charge is 0.483 e. The van der Waals surface area contributed by atoms with Gasteiger partial charge in [-0.2, -0.15) is 0 Å². The van der Waals surface area contributed by atoms with E-state index in [1.165, 1.54) is 0 Å². The molecule has 1 unspecified atom stereocenters. The molecule has 1 aromatic carbocycles. The first-order valence-electron chi connectivity index (χ1n) is 6.02. The highest BCUT2D eigenvalue weighted by Crippen LogP contribution is 2.41. The van der Waals surface area contributed by atoms with E-state index < -0.39 is 0 Å². The summed E-state index contributed by atoms with van der Waals surface area (Å²) in [7, 11) is 1.63. The minimum Gasteiger partial charge on any atom is -0.483 e. The van der Waals surface area contributed by atoms with Crippen molar-refractivity contribution in [3.8, 4) is 11.5 Å². The number of benzene rings is 1. The Morgan fingerprint density at radius 2 is 2.06 bits per heavy atom. The molecule has 0 amide bonds. The lowest BCUT2D eigenvalue weighted by Crippen LogP contribution is -2.28. The molecule has 94 valence electrons. The van der Waals surface area contributed by atoms with Crippen LogP contribution < -0.4 is 9.47 Å². The van der Waals surface area contributed by atoms with Crippen LogP contribution in [0.25, 0.3) is 12.2 Å². The van der Waals surface area contributed by atoms with Gasteiger partial charge in [-0.3, -0.25) is 0 Å². The summed E-state index contributed by atoms with van der Waals surface area (Å²) >= 11 is 0. The smallest absolute Gasteiger partial charge is 0.219 e. The van der Waals surface area contributed by atoms with E-state index in [2.05, 4.69) is 6.08 Å². The maximum absolute atomic E-state index is 5.92. The summed E-state index contributed by atoms with van der Waals surface area (Å²) in [5, 5.41) is 0. The Bertz CT molecular complexity index is 541. The Morgan fingerprint density at radius 1 is 1.22 bits per heavy atom. The van der Waals surface area contributed by atoms with E-state index in [-0.39, 0.29) is 11.9 Å². The molecular formula is C15H16O3. The lowest BCUT2D eigenvalue weighted by molar-refractivity contribution is -0.0175. The molecule has 2 heterocycles. The monoisotopic (exact) mass is 244 g/mol. The summed E-state index contributed by atoms with van der Waals surface area (Å²) in [5.74, 6) is 1.68. The second-order valence-electron chi connectivity index (χ2n) is 5.02. The van der Waals surface area contributed by atoms with E-state index in [9.17, 15) is 0 Å². The maximum atomic E-state index is 5.92. The molecule has 3 rings (SSSR count). The molecule has 2 aliphatic heterocycles. The standard InChI is InChI=1S/C15H16O3/c1-15(2)9-8-11-12(18-15)6-4-10-5-7-13(16-3)17-14(10)11/h4-9,13H,1-3H3. The first-order chi connectivity index (χ1) is 8.59. The van der Waals surface area contributed by atoms with Gasteiger partial charge in [0.2, 0.25) is 6.29 Å². The van der Waals surface area contributed by atoms with Crippen molar-refractivity contribution in [2.75, 3.05) is 7.11 Å². The van der Waals surface area contributed by atoms with Gasteiger partial charge in [0.1, 0.15) is 17.1 Å². The normalized spacial score (nSPS) is 22.7. The van der Waals surface area contributed by atoms with Gasteiger partial charge in [0.25, 0.3) is 0 Å². The van der Waals surface area contributed by atoms with Crippen LogP contribution in [0, 0.1) is 0 Å². The van der Waals surface area contributed by atoms with Gasteiger partial charge in [0, 0.05) is 12.7 Å². The van der Waals surface area contributed by atoms with Crippen LogP contribution in [0.15, 0.2) is 24.3 Å². The molecule has 0 bridgehead atoms. The van der Waals surface area contributed by atoms with E-state index >= 15 is 0 Å². The molecule has 0 spiro atoms. The van der Waals surface area contributed by atoms with Crippen molar-refractivity contribution in [1.29, 1.82) is 0 Å². The quantitative estimate of drug-likeness (QED) is 0.759. The predicted octanol–water partition coefficient (Wildman–Crippen LogP) is 3.25. The molecule has 0 saturated heterocycles. The van der Waals surface area contributed by atoms with Crippen LogP contribution in [-0.4, -0.2) is 19.0 Å². The number of methoxy groups -OCH3 is 1. The van der Waals surface area contributed by atoms with Gasteiger partial charge in [0.15, 0.2) is 0 Å². The third-order valence-electron chi connectivity index (χ3n) is 3.11. The molecule has 3 nitrogen and oxygen atoms in total. The molecular weight excluding hydrogens is 228 g/mol. The van der Waals surface area contributed by atoms with Gasteiger partial charge in [-0.1, -0.05) is 0 Å². The number of rotatable bonds is 1. The predicted molar refractivity (Wildman–Crippen MR) is 70.6 cm³/mol. The van der Waals surface area contributed by atoms with Crippen LogP contribution in [0.5, 0.6) is 11.5 Å². The van der Waals surface area contributed by atoms with Crippen LogP contribution >= 0.6 is 0 Å². The molecule has 2 aliphatic rings. The maximum Gasteiger partial charge on any atom is 0.219 e. The number of fused-ring (bicyclic) bond motifs is 3. The van der Waals surface area contributed by atoms with Crippen molar-refractivity contribution >= 4 is 12.2 Å². The molecule has 3 heteroatoms. The summed E-state index contributed by atoms with van der Waals surface area (Å²) in [4.78, 5) is 0. The van der Waals surface area contributed by atoms with Gasteiger partial charge < -0.3 is 14.2 Å². The van der Waals surface area contributed by atoms with Crippen LogP contribution in [-0.2, 0) is 4.74 Å². The zero-order valence-electron chi connectivity index (χ0n) is 10.8. The highest BCUT2D eigenvalue weighted by molar-refractivity contribution is 5.74. The topological polar surface area (TPSA) is 27.7 Å². The number of hydrogen-bond acceptors (Lipinski definition) is 3. The first kappa shape index (κ1) is 11.4. The third kappa shape index (κ3) is 1.81. The first-order valence-corrected chi connectivity index (χ1v) is 6.02. The van der Waals surface area contributed by atoms with Crippen LogP contribution in [0.2, 0.25) is 0 Å². The van der Waals surface area contributed by atoms with Gasteiger partial charge in [-0.25, -0.2) is 0 Å². The fourth-order valence-electron chi connectivity index (χ4n) is 2.17. The van der Waals surface area contributed by atoms with Gasteiger partial charge in [-0.15, -0.1) is 0 Å². The zero-order chi connectivity index (χ0) is 12.8. The Hall–Kier alpha value is -1.74. The van der Waals surface area contributed by atoms with Crippen molar-refractivity contribution < 1.29 is 14.2 Å². The average Bonchev–Trinajstić information content (AvgIpc) is 2.36. The highest BCUT2D eigenvalue weighted by atomic mass is 16.7. The van der Waals surface area contributed by atoms with E-state index in [1.54, 1.807) is 7.11 Å². The van der Waals surface area contributed by atoms with Crippen molar-refractivity contribution in [3.05, 3.63) is 35.4 Å². The molecule has 1 aromatic rings. The molecule has 0 radical (unpaired) electrons. The molecule has 0 aromatic heterocycles. The molecule has 0 saturated carbocycles. The molecule has 0 aliphatic carbocycles. The van der Waals surface area contributed by atoms with Gasteiger partial charge in [-0.05, 0) is 50.3 Å². The van der Waals surface area contributed by atoms with Crippen LogP contribution in [0.4, 0.5) is 0 Å². The molecule has 0 N–H and O–H groups in total. The second kappa shape index (κ2) is 3.89. The SMILES string of the molecule is COC1C=Cc2ccc3c(c2O1)C=CC(C)(C)O3. The third-order valence-corrected chi connectivity index (χ3v) is 3.11. The highest BCUT2D eigenvalue weighted by Gasteiger charge is 2.26. The van der Waals surface area contributed by atoms with Crippen molar-refractivity contribution in [1.82, 2.24) is 0 Å². The van der Waals surface area contributed by atoms with Gasteiger partial charge in [0.05, 0.1) is 5.56 Å². The Balaban J connectivity index is 2.08. The van der Waals surface area contributed by atoms with E-state index in [0.29, 0.717) is 0 Å². The Morgan fingerprint density at radius 3 is 2.83 bits per heavy atom. The Labute approximate surface area is 107 Å². The minimum absolute atomic E-state index is 0.271. The fourth-order valence-corrected chi connectivity index (χ4v) is 2.17. The van der Waals surface area contributed by atoms with E-state index in [4.69, 9.17) is 14.2 Å². The second-order valence-corrected chi connectivity index (χ2v) is 5.02. The summed E-state index contributed by atoms with van der Waals surface area (Å²) in [6, 6.07) is 3.99. The lowest BCUT2D eigenvalue weighted by Gasteiger charge is -2.30. The van der Waals surface area contributed by atoms with E-state index in [1.807, 2.05) is 44.2 Å². The van der Waals surface area contributed by atoms with Crippen LogP contribution in [0.1, 0.15) is 25.0 Å². The van der Waals surface area contributed by atoms with Gasteiger partial charge >= 0.3 is 0 Å². The summed E-state index contributed by atoms with van der Waals surface area (Å²) in [6.07, 6.45) is 7.68. The fraction of sp³-hybridized carbons (Fsp3) is 0.333. The average molecular weight is 244 g/mol. The zero-order valence-corrected chi connectivity index (χ0v) is 10.8. The lowest BCUT2D eigenvalue weighted by atomic mass is 9.98. The number of ether oxygens (including phenoxy) is 3. The Kier molecular flexibility index (Phi) is 2.45. The summed E-state index contributed by atoms with van der Waals surface area (Å²) in [6.45, 7) is 4.06. The summed E-state index contributed by atoms with van der Waals surface area (Å²) in [5.41, 5.74) is 1.76. The minimum atomic E-state index is -0.327. The van der Waals surface area contributed by atoms with Crippen molar-refractivity contribution in [2.24, 2.45) is 0 Å². The van der Waals surface area contributed by atoms with Crippen LogP contribution in [0.3, 0.4) is 0 Å². The van der Waals surface area contributed by atoms with Crippen molar-refractivity contribution in [2.45, 2.75) is 25.7 Å². The molecule has 1 atom stereocenters. The molecule has 0 fully saturated rings. The van der Waals surface area contributed by atoms with E-state index in [0.717, 1.165) is 22.6 Å². The summed E-state index contributed by atoms with van der Waals surface area (Å²) < 4.78 is 16.9. The van der Waals surface area contributed by atoms with Crippen molar-refractivity contribution in [3.63, 3.8) is 0 Å². The molecule has 18 heavy (non-hydrogen) atoms. The number of hydrogen-bond donors (Lipinski definition) is 0.